The van der Waals surface area contributed by atoms with Gasteiger partial charge in [-0.2, -0.15) is 0 Å². The zero-order valence-electron chi connectivity index (χ0n) is 13.7. The number of carbonyl (C=O) groups is 2. The number of aromatic nitrogens is 2. The molecule has 9 heteroatoms. The molecule has 0 bridgehead atoms. The van der Waals surface area contributed by atoms with E-state index in [0.717, 1.165) is 12.8 Å². The number of nitrogens with one attached hydrogen (secondary N) is 2. The molecular formula is C16H18N4O3S2. The number of rotatable bonds is 8. The Morgan fingerprint density at radius 3 is 2.84 bits per heavy atom. The van der Waals surface area contributed by atoms with Crippen LogP contribution in [0.3, 0.4) is 0 Å². The van der Waals surface area contributed by atoms with Crippen molar-refractivity contribution in [1.82, 2.24) is 10.2 Å². The van der Waals surface area contributed by atoms with Gasteiger partial charge in [0.25, 0.3) is 0 Å². The molecule has 2 amide bonds. The van der Waals surface area contributed by atoms with Crippen molar-refractivity contribution in [2.45, 2.75) is 24.1 Å². The molecule has 1 fully saturated rings. The summed E-state index contributed by atoms with van der Waals surface area (Å²) in [5, 5.41) is 14.0. The molecule has 0 unspecified atom stereocenters. The highest BCUT2D eigenvalue weighted by Crippen LogP contribution is 2.32. The van der Waals surface area contributed by atoms with Crippen molar-refractivity contribution in [2.24, 2.45) is 5.92 Å². The summed E-state index contributed by atoms with van der Waals surface area (Å²) in [5.74, 6) is 0.806. The van der Waals surface area contributed by atoms with E-state index in [0.29, 0.717) is 27.5 Å². The first-order valence-electron chi connectivity index (χ1n) is 7.94. The van der Waals surface area contributed by atoms with E-state index in [9.17, 15) is 9.59 Å². The lowest BCUT2D eigenvalue weighted by Gasteiger charge is -2.10. The predicted octanol–water partition coefficient (Wildman–Crippen LogP) is 3.02. The van der Waals surface area contributed by atoms with Gasteiger partial charge in [0.1, 0.15) is 5.75 Å². The molecule has 7 nitrogen and oxygen atoms in total. The van der Waals surface area contributed by atoms with Crippen molar-refractivity contribution in [3.63, 3.8) is 0 Å². The first-order valence-corrected chi connectivity index (χ1v) is 9.74. The molecule has 2 N–H and O–H groups in total. The molecule has 132 valence electrons. The summed E-state index contributed by atoms with van der Waals surface area (Å²) in [7, 11) is 0. The average Bonchev–Trinajstić information content (AvgIpc) is 3.36. The highest BCUT2D eigenvalue weighted by Gasteiger charge is 2.30. The van der Waals surface area contributed by atoms with E-state index < -0.39 is 0 Å². The minimum Gasteiger partial charge on any atom is -0.492 e. The second-order valence-electron chi connectivity index (χ2n) is 5.40. The van der Waals surface area contributed by atoms with Crippen LogP contribution < -0.4 is 15.4 Å². The fraction of sp³-hybridized carbons (Fsp3) is 0.375. The summed E-state index contributed by atoms with van der Waals surface area (Å²) in [5.41, 5.74) is 0.643. The Morgan fingerprint density at radius 2 is 2.08 bits per heavy atom. The molecule has 1 aromatic carbocycles. The molecule has 3 rings (SSSR count). The van der Waals surface area contributed by atoms with Crippen LogP contribution in [0, 0.1) is 5.92 Å². The molecule has 0 spiro atoms. The Kier molecular flexibility index (Phi) is 5.87. The van der Waals surface area contributed by atoms with Crippen LogP contribution in [0.5, 0.6) is 5.75 Å². The van der Waals surface area contributed by atoms with Crippen LogP contribution in [-0.2, 0) is 9.59 Å². The van der Waals surface area contributed by atoms with E-state index in [2.05, 4.69) is 20.8 Å². The highest BCUT2D eigenvalue weighted by molar-refractivity contribution is 8.01. The van der Waals surface area contributed by atoms with Crippen molar-refractivity contribution in [3.05, 3.63) is 24.3 Å². The Hall–Kier alpha value is -2.13. The molecule has 2 aromatic rings. The van der Waals surface area contributed by atoms with E-state index in [1.807, 2.05) is 25.1 Å². The number of para-hydroxylation sites is 2. The third-order valence-electron chi connectivity index (χ3n) is 3.37. The first kappa shape index (κ1) is 17.7. The van der Waals surface area contributed by atoms with Gasteiger partial charge in [0.15, 0.2) is 4.34 Å². The lowest BCUT2D eigenvalue weighted by molar-refractivity contribution is -0.117. The molecule has 1 aliphatic carbocycles. The van der Waals surface area contributed by atoms with Gasteiger partial charge in [0, 0.05) is 5.92 Å². The molecule has 0 atom stereocenters. The summed E-state index contributed by atoms with van der Waals surface area (Å²) in [6, 6.07) is 7.30. The normalized spacial score (nSPS) is 13.3. The van der Waals surface area contributed by atoms with E-state index in [4.69, 9.17) is 4.74 Å². The molecule has 25 heavy (non-hydrogen) atoms. The molecule has 1 aliphatic rings. The van der Waals surface area contributed by atoms with Crippen LogP contribution in [-0.4, -0.2) is 34.4 Å². The Bertz CT molecular complexity index is 761. The SMILES string of the molecule is CCOc1ccccc1NC(=O)CSc1nnc(NC(=O)C2CC2)s1. The number of hydrogen-bond acceptors (Lipinski definition) is 7. The Balaban J connectivity index is 1.49. The van der Waals surface area contributed by atoms with E-state index in [1.54, 1.807) is 6.07 Å². The smallest absolute Gasteiger partial charge is 0.234 e. The second kappa shape index (κ2) is 8.30. The second-order valence-corrected chi connectivity index (χ2v) is 7.60. The quantitative estimate of drug-likeness (QED) is 0.542. The van der Waals surface area contributed by atoms with Gasteiger partial charge in [-0.25, -0.2) is 0 Å². The average molecular weight is 378 g/mol. The minimum absolute atomic E-state index is 0.00188. The van der Waals surface area contributed by atoms with Crippen molar-refractivity contribution in [3.8, 4) is 5.75 Å². The number of amides is 2. The third-order valence-corrected chi connectivity index (χ3v) is 5.34. The lowest BCUT2D eigenvalue weighted by Crippen LogP contribution is -2.14. The van der Waals surface area contributed by atoms with E-state index in [-0.39, 0.29) is 23.5 Å². The van der Waals surface area contributed by atoms with Crippen LogP contribution in [0.15, 0.2) is 28.6 Å². The van der Waals surface area contributed by atoms with Gasteiger partial charge in [-0.15, -0.1) is 10.2 Å². The largest absolute Gasteiger partial charge is 0.492 e. The van der Waals surface area contributed by atoms with Gasteiger partial charge in [-0.05, 0) is 31.9 Å². The number of anilines is 2. The van der Waals surface area contributed by atoms with Crippen LogP contribution in [0.4, 0.5) is 10.8 Å². The maximum absolute atomic E-state index is 12.1. The molecular weight excluding hydrogens is 360 g/mol. The molecule has 1 aromatic heterocycles. The Labute approximate surface area is 153 Å². The number of benzene rings is 1. The molecule has 0 saturated heterocycles. The van der Waals surface area contributed by atoms with Gasteiger partial charge < -0.3 is 15.4 Å². The molecule has 1 heterocycles. The van der Waals surface area contributed by atoms with Gasteiger partial charge >= 0.3 is 0 Å². The topological polar surface area (TPSA) is 93.2 Å². The highest BCUT2D eigenvalue weighted by atomic mass is 32.2. The third kappa shape index (κ3) is 5.17. The fourth-order valence-electron chi connectivity index (χ4n) is 2.04. The number of ether oxygens (including phenoxy) is 1. The summed E-state index contributed by atoms with van der Waals surface area (Å²) < 4.78 is 6.12. The summed E-state index contributed by atoms with van der Waals surface area (Å²) in [4.78, 5) is 23.8. The van der Waals surface area contributed by atoms with Crippen molar-refractivity contribution in [2.75, 3.05) is 23.0 Å². The first-order chi connectivity index (χ1) is 12.2. The van der Waals surface area contributed by atoms with Crippen molar-refractivity contribution < 1.29 is 14.3 Å². The zero-order valence-corrected chi connectivity index (χ0v) is 15.3. The van der Waals surface area contributed by atoms with Crippen molar-refractivity contribution >= 4 is 45.7 Å². The van der Waals surface area contributed by atoms with Crippen LogP contribution in [0.25, 0.3) is 0 Å². The number of hydrogen-bond donors (Lipinski definition) is 2. The monoisotopic (exact) mass is 378 g/mol. The van der Waals surface area contributed by atoms with Crippen LogP contribution >= 0.6 is 23.1 Å². The minimum atomic E-state index is -0.157. The fourth-order valence-corrected chi connectivity index (χ4v) is 3.59. The number of thioether (sulfide) groups is 1. The van der Waals surface area contributed by atoms with Crippen LogP contribution in [0.1, 0.15) is 19.8 Å². The molecule has 0 aliphatic heterocycles. The predicted molar refractivity (Wildman–Crippen MR) is 98.2 cm³/mol. The van der Waals surface area contributed by atoms with Crippen LogP contribution in [0.2, 0.25) is 0 Å². The van der Waals surface area contributed by atoms with Gasteiger partial charge in [-0.3, -0.25) is 9.59 Å². The van der Waals surface area contributed by atoms with E-state index in [1.165, 1.54) is 23.1 Å². The molecule has 0 radical (unpaired) electrons. The van der Waals surface area contributed by atoms with Gasteiger partial charge in [0.05, 0.1) is 18.0 Å². The lowest BCUT2D eigenvalue weighted by atomic mass is 10.3. The van der Waals surface area contributed by atoms with E-state index >= 15 is 0 Å². The van der Waals surface area contributed by atoms with Gasteiger partial charge in [-0.1, -0.05) is 35.2 Å². The summed E-state index contributed by atoms with van der Waals surface area (Å²) in [6.07, 6.45) is 1.88. The summed E-state index contributed by atoms with van der Waals surface area (Å²) in [6.45, 7) is 2.42. The zero-order chi connectivity index (χ0) is 17.6. The maximum atomic E-state index is 12.1. The molecule has 1 saturated carbocycles. The van der Waals surface area contributed by atoms with Crippen molar-refractivity contribution in [1.29, 1.82) is 0 Å². The number of carbonyl (C=O) groups excluding carboxylic acids is 2. The standard InChI is InChI=1S/C16H18N4O3S2/c1-2-23-12-6-4-3-5-11(12)17-13(21)9-24-16-20-19-15(25-16)18-14(22)10-7-8-10/h3-6,10H,2,7-9H2,1H3,(H,17,21)(H,18,19,22). The number of nitrogens with zero attached hydrogens (tertiary/aromatic N) is 2. The maximum Gasteiger partial charge on any atom is 0.234 e. The van der Waals surface area contributed by atoms with Gasteiger partial charge in [0.2, 0.25) is 16.9 Å². The Morgan fingerprint density at radius 1 is 1.28 bits per heavy atom. The summed E-state index contributed by atoms with van der Waals surface area (Å²) >= 11 is 2.55.